The number of nitrogens with zero attached hydrogens (tertiary/aromatic N) is 4. The van der Waals surface area contributed by atoms with Crippen molar-refractivity contribution in [3.05, 3.63) is 133 Å². The number of hydrogen-bond acceptors (Lipinski definition) is 3. The first-order valence-electron chi connectivity index (χ1n) is 17.5. The van der Waals surface area contributed by atoms with Gasteiger partial charge in [0.2, 0.25) is 0 Å². The molecule has 0 spiro atoms. The summed E-state index contributed by atoms with van der Waals surface area (Å²) in [5.41, 5.74) is 9.02. The number of rotatable bonds is 5. The zero-order valence-electron chi connectivity index (χ0n) is 27.6. The van der Waals surface area contributed by atoms with Gasteiger partial charge in [0.05, 0.1) is 16.7 Å². The lowest BCUT2D eigenvalue weighted by molar-refractivity contribution is 0.179. The van der Waals surface area contributed by atoms with Crippen molar-refractivity contribution < 1.29 is 0 Å². The van der Waals surface area contributed by atoms with Crippen LogP contribution in [-0.2, 0) is 0 Å². The number of fused-ring (bicyclic) bond motifs is 5. The van der Waals surface area contributed by atoms with Crippen LogP contribution in [0.2, 0.25) is 0 Å². The maximum atomic E-state index is 5.45. The maximum Gasteiger partial charge on any atom is 0.164 e. The molecule has 4 nitrogen and oxygen atoms in total. The van der Waals surface area contributed by atoms with E-state index in [4.69, 9.17) is 9.97 Å². The molecular formula is C44H40N4. The summed E-state index contributed by atoms with van der Waals surface area (Å²) >= 11 is 0. The highest BCUT2D eigenvalue weighted by Gasteiger charge is 2.39. The molecule has 9 rings (SSSR count). The number of anilines is 1. The van der Waals surface area contributed by atoms with Crippen LogP contribution in [0.5, 0.6) is 0 Å². The van der Waals surface area contributed by atoms with Crippen LogP contribution in [0.25, 0.3) is 61.4 Å². The van der Waals surface area contributed by atoms with Gasteiger partial charge in [0.15, 0.2) is 5.82 Å². The van der Waals surface area contributed by atoms with E-state index in [9.17, 15) is 0 Å². The predicted octanol–water partition coefficient (Wildman–Crippen LogP) is 11.0. The fourth-order valence-corrected chi connectivity index (χ4v) is 8.88. The summed E-state index contributed by atoms with van der Waals surface area (Å²) in [6, 6.07) is 48.7. The Balaban J connectivity index is 1.27. The maximum absolute atomic E-state index is 5.45. The van der Waals surface area contributed by atoms with E-state index in [-0.39, 0.29) is 0 Å². The fraction of sp³-hybridized carbons (Fsp3) is 0.227. The Labute approximate surface area is 282 Å². The first-order chi connectivity index (χ1) is 23.6. The lowest BCUT2D eigenvalue weighted by Crippen LogP contribution is -2.51. The van der Waals surface area contributed by atoms with Crippen molar-refractivity contribution in [2.75, 3.05) is 4.90 Å². The molecule has 236 valence electrons. The Kier molecular flexibility index (Phi) is 7.11. The summed E-state index contributed by atoms with van der Waals surface area (Å²) in [4.78, 5) is 13.6. The second kappa shape index (κ2) is 11.8. The smallest absolute Gasteiger partial charge is 0.164 e. The van der Waals surface area contributed by atoms with Gasteiger partial charge in [0.1, 0.15) is 5.82 Å². The number of para-hydroxylation sites is 3. The van der Waals surface area contributed by atoms with E-state index in [1.165, 1.54) is 53.3 Å². The van der Waals surface area contributed by atoms with Crippen molar-refractivity contribution in [1.29, 1.82) is 0 Å². The van der Waals surface area contributed by atoms with Gasteiger partial charge in [0.25, 0.3) is 0 Å². The van der Waals surface area contributed by atoms with Crippen LogP contribution in [-0.4, -0.2) is 26.6 Å². The summed E-state index contributed by atoms with van der Waals surface area (Å²) in [6.07, 6.45) is 5.14. The molecule has 1 aliphatic carbocycles. The molecule has 0 radical (unpaired) electrons. The second-order valence-corrected chi connectivity index (χ2v) is 14.1. The zero-order chi connectivity index (χ0) is 32.2. The molecule has 2 bridgehead atoms. The molecule has 2 fully saturated rings. The number of hydrogen-bond donors (Lipinski definition) is 0. The van der Waals surface area contributed by atoms with Crippen molar-refractivity contribution in [1.82, 2.24) is 14.5 Å². The van der Waals surface area contributed by atoms with Crippen molar-refractivity contribution in [3.8, 4) is 39.6 Å². The van der Waals surface area contributed by atoms with Crippen LogP contribution in [0, 0.1) is 11.8 Å². The van der Waals surface area contributed by atoms with E-state index in [1.807, 2.05) is 0 Å². The molecule has 1 aliphatic heterocycles. The fourth-order valence-electron chi connectivity index (χ4n) is 8.88. The number of aromatic nitrogens is 3. The minimum atomic E-state index is 0.477. The standard InChI is InChI=1S/C44H40N4/c1-29-23-31-25-30(2)47(35(24-29)26-31)42-22-11-8-19-38(42)44-45-39(34-16-12-15-33(27-34)32-13-4-3-5-14-32)28-43(46-44)48-40-20-9-6-17-36(40)37-18-7-10-21-41(37)48/h3-22,27-31,35H,23-26H2,1-2H3. The molecule has 0 amide bonds. The zero-order valence-corrected chi connectivity index (χ0v) is 27.6. The number of benzene rings is 5. The van der Waals surface area contributed by atoms with Crippen molar-refractivity contribution in [3.63, 3.8) is 0 Å². The Morgan fingerprint density at radius 3 is 2.02 bits per heavy atom. The van der Waals surface area contributed by atoms with Crippen molar-refractivity contribution >= 4 is 27.5 Å². The molecule has 2 aliphatic rings. The molecule has 4 heteroatoms. The van der Waals surface area contributed by atoms with Crippen LogP contribution in [0.3, 0.4) is 0 Å². The largest absolute Gasteiger partial charge is 0.365 e. The van der Waals surface area contributed by atoms with E-state index in [1.54, 1.807) is 0 Å². The summed E-state index contributed by atoms with van der Waals surface area (Å²) in [5, 5.41) is 2.45. The van der Waals surface area contributed by atoms with Gasteiger partial charge >= 0.3 is 0 Å². The van der Waals surface area contributed by atoms with Gasteiger partial charge in [-0.15, -0.1) is 0 Å². The Bertz CT molecular complexity index is 2210. The minimum Gasteiger partial charge on any atom is -0.365 e. The van der Waals surface area contributed by atoms with E-state index in [0.717, 1.165) is 51.3 Å². The molecule has 0 N–H and O–H groups in total. The van der Waals surface area contributed by atoms with Crippen LogP contribution >= 0.6 is 0 Å². The third-order valence-corrected chi connectivity index (χ3v) is 10.8. The van der Waals surface area contributed by atoms with Gasteiger partial charge in [-0.3, -0.25) is 4.57 Å². The van der Waals surface area contributed by atoms with Gasteiger partial charge < -0.3 is 4.90 Å². The topological polar surface area (TPSA) is 34.0 Å². The lowest BCUT2D eigenvalue weighted by atomic mass is 9.72. The predicted molar refractivity (Wildman–Crippen MR) is 200 cm³/mol. The highest BCUT2D eigenvalue weighted by atomic mass is 15.2. The monoisotopic (exact) mass is 624 g/mol. The molecule has 2 aromatic heterocycles. The molecule has 5 aromatic carbocycles. The van der Waals surface area contributed by atoms with E-state index < -0.39 is 0 Å². The molecule has 7 aromatic rings. The number of piperidine rings is 1. The Hall–Kier alpha value is -5.22. The van der Waals surface area contributed by atoms with Gasteiger partial charge in [-0.1, -0.05) is 104 Å². The van der Waals surface area contributed by atoms with Crippen molar-refractivity contribution in [2.45, 2.75) is 51.6 Å². The third kappa shape index (κ3) is 4.98. The molecule has 3 heterocycles. The molecule has 1 saturated carbocycles. The molecule has 4 atom stereocenters. The van der Waals surface area contributed by atoms with Crippen LogP contribution in [0.4, 0.5) is 5.69 Å². The highest BCUT2D eigenvalue weighted by molar-refractivity contribution is 6.09. The van der Waals surface area contributed by atoms with E-state index in [2.05, 4.69) is 157 Å². The van der Waals surface area contributed by atoms with Gasteiger partial charge in [-0.25, -0.2) is 9.97 Å². The summed E-state index contributed by atoms with van der Waals surface area (Å²) in [6.45, 7) is 4.86. The lowest BCUT2D eigenvalue weighted by Gasteiger charge is -2.50. The summed E-state index contributed by atoms with van der Waals surface area (Å²) < 4.78 is 2.32. The summed E-state index contributed by atoms with van der Waals surface area (Å²) in [7, 11) is 0. The molecule has 1 saturated heterocycles. The van der Waals surface area contributed by atoms with Crippen LogP contribution in [0.1, 0.15) is 39.5 Å². The quantitative estimate of drug-likeness (QED) is 0.191. The average molecular weight is 625 g/mol. The average Bonchev–Trinajstić information content (AvgIpc) is 3.46. The summed E-state index contributed by atoms with van der Waals surface area (Å²) in [5.74, 6) is 3.23. The van der Waals surface area contributed by atoms with E-state index in [0.29, 0.717) is 12.1 Å². The molecular weight excluding hydrogens is 585 g/mol. The second-order valence-electron chi connectivity index (χ2n) is 14.1. The first-order valence-corrected chi connectivity index (χ1v) is 17.5. The molecule has 48 heavy (non-hydrogen) atoms. The highest BCUT2D eigenvalue weighted by Crippen LogP contribution is 2.45. The Morgan fingerprint density at radius 2 is 1.23 bits per heavy atom. The van der Waals surface area contributed by atoms with Crippen LogP contribution in [0.15, 0.2) is 133 Å². The minimum absolute atomic E-state index is 0.477. The van der Waals surface area contributed by atoms with Crippen LogP contribution < -0.4 is 4.90 Å². The normalized spacial score (nSPS) is 20.8. The van der Waals surface area contributed by atoms with Gasteiger partial charge in [-0.2, -0.15) is 0 Å². The first kappa shape index (κ1) is 29.0. The Morgan fingerprint density at radius 1 is 0.562 bits per heavy atom. The van der Waals surface area contributed by atoms with Gasteiger partial charge in [-0.05, 0) is 85.9 Å². The van der Waals surface area contributed by atoms with Crippen molar-refractivity contribution in [2.24, 2.45) is 11.8 Å². The third-order valence-electron chi connectivity index (χ3n) is 10.8. The van der Waals surface area contributed by atoms with Gasteiger partial charge in [0, 0.05) is 45.7 Å². The van der Waals surface area contributed by atoms with E-state index >= 15 is 0 Å². The molecule has 4 unspecified atom stereocenters. The SMILES string of the molecule is CC1CC2CC(C)N(c3ccccc3-c3nc(-c4cccc(-c5ccccc5)c4)cc(-n4c5ccccc5c5ccccc54)n3)C(C1)C2.